The van der Waals surface area contributed by atoms with Crippen molar-refractivity contribution in [1.82, 2.24) is 20.2 Å². The van der Waals surface area contributed by atoms with Crippen LogP contribution in [-0.2, 0) is 0 Å². The number of amides is 1. The van der Waals surface area contributed by atoms with E-state index in [0.29, 0.717) is 18.0 Å². The van der Waals surface area contributed by atoms with Crippen LogP contribution >= 0.6 is 11.3 Å². The average Bonchev–Trinajstić information content (AvgIpc) is 3.37. The van der Waals surface area contributed by atoms with E-state index < -0.39 is 0 Å². The summed E-state index contributed by atoms with van der Waals surface area (Å²) >= 11 is 1.65. The Morgan fingerprint density at radius 3 is 2.29 bits per heavy atom. The summed E-state index contributed by atoms with van der Waals surface area (Å²) in [4.78, 5) is 24.5. The van der Waals surface area contributed by atoms with Crippen LogP contribution in [0, 0.1) is 13.8 Å². The van der Waals surface area contributed by atoms with Crippen LogP contribution in [0.1, 0.15) is 73.1 Å². The van der Waals surface area contributed by atoms with Gasteiger partial charge < -0.3 is 15.2 Å². The fourth-order valence-corrected chi connectivity index (χ4v) is 6.36. The van der Waals surface area contributed by atoms with Crippen molar-refractivity contribution in [2.45, 2.75) is 72.4 Å². The Morgan fingerprint density at radius 2 is 1.71 bits per heavy atom. The van der Waals surface area contributed by atoms with E-state index in [2.05, 4.69) is 52.2 Å². The molecule has 3 aromatic heterocycles. The predicted octanol–water partition coefficient (Wildman–Crippen LogP) is 5.63. The van der Waals surface area contributed by atoms with E-state index in [1.807, 2.05) is 27.7 Å². The summed E-state index contributed by atoms with van der Waals surface area (Å²) in [6, 6.07) is 7.05. The maximum Gasteiger partial charge on any atom is 0.264 e. The van der Waals surface area contributed by atoms with Crippen LogP contribution in [0.4, 0.5) is 0 Å². The number of fused-ring (bicyclic) bond motifs is 3. The highest BCUT2D eigenvalue weighted by molar-refractivity contribution is 7.21. The van der Waals surface area contributed by atoms with Gasteiger partial charge >= 0.3 is 0 Å². The first-order valence-corrected chi connectivity index (χ1v) is 12.4. The van der Waals surface area contributed by atoms with Gasteiger partial charge in [0.1, 0.15) is 0 Å². The van der Waals surface area contributed by atoms with Crippen molar-refractivity contribution < 1.29 is 4.79 Å². The summed E-state index contributed by atoms with van der Waals surface area (Å²) in [5, 5.41) is 3.46. The molecule has 0 aliphatic carbocycles. The Balaban J connectivity index is 0.00000112. The molecule has 2 fully saturated rings. The maximum absolute atomic E-state index is 13.3. The Bertz CT molecular complexity index is 1060. The smallest absolute Gasteiger partial charge is 0.264 e. The van der Waals surface area contributed by atoms with E-state index in [0.717, 1.165) is 53.4 Å². The fraction of sp³-hybridized carbons (Fsp3) is 0.520. The molecule has 166 valence electrons. The summed E-state index contributed by atoms with van der Waals surface area (Å²) in [7, 11) is 0. The van der Waals surface area contributed by atoms with Crippen LogP contribution in [0.15, 0.2) is 18.2 Å². The maximum atomic E-state index is 13.3. The largest absolute Gasteiger partial charge is 0.354 e. The number of aromatic amines is 1. The molecule has 2 aliphatic heterocycles. The van der Waals surface area contributed by atoms with E-state index in [9.17, 15) is 4.79 Å². The Hall–Kier alpha value is -2.18. The molecule has 31 heavy (non-hydrogen) atoms. The van der Waals surface area contributed by atoms with Crippen LogP contribution in [0.5, 0.6) is 0 Å². The molecule has 2 bridgehead atoms. The number of rotatable bonds is 3. The quantitative estimate of drug-likeness (QED) is 0.557. The number of thiophene rings is 1. The molecule has 6 heteroatoms. The topological polar surface area (TPSA) is 61.0 Å². The highest BCUT2D eigenvalue weighted by Gasteiger charge is 2.40. The van der Waals surface area contributed by atoms with Crippen LogP contribution in [0.3, 0.4) is 0 Å². The van der Waals surface area contributed by atoms with Gasteiger partial charge in [-0.1, -0.05) is 27.7 Å². The van der Waals surface area contributed by atoms with Gasteiger partial charge in [0, 0.05) is 42.1 Å². The molecule has 0 saturated carbocycles. The minimum absolute atomic E-state index is 0.209. The number of nitrogens with zero attached hydrogens (tertiary/aromatic N) is 2. The summed E-state index contributed by atoms with van der Waals surface area (Å²) in [6.07, 6.45) is 2.24. The van der Waals surface area contributed by atoms with Crippen molar-refractivity contribution in [1.29, 1.82) is 0 Å². The molecule has 5 heterocycles. The van der Waals surface area contributed by atoms with E-state index in [1.165, 1.54) is 15.8 Å². The first kappa shape index (κ1) is 22.0. The second-order valence-corrected chi connectivity index (χ2v) is 9.87. The van der Waals surface area contributed by atoms with Gasteiger partial charge in [0.2, 0.25) is 0 Å². The highest BCUT2D eigenvalue weighted by Crippen LogP contribution is 2.41. The van der Waals surface area contributed by atoms with Crippen molar-refractivity contribution in [2.24, 2.45) is 0 Å². The third-order valence-electron chi connectivity index (χ3n) is 6.28. The number of pyridine rings is 1. The van der Waals surface area contributed by atoms with Crippen molar-refractivity contribution >= 4 is 27.5 Å². The molecule has 1 amide bonds. The van der Waals surface area contributed by atoms with E-state index >= 15 is 0 Å². The molecule has 2 atom stereocenters. The fourth-order valence-electron chi connectivity index (χ4n) is 5.10. The minimum atomic E-state index is 0.209. The second kappa shape index (κ2) is 8.75. The SMILES string of the molecule is CC.Cc1cc(-c2[nH]c3cc(C(=O)N4C5CCC4CNC5)sc3c2C(C)C)cc(C)n1. The normalized spacial score (nSPS) is 20.3. The second-order valence-electron chi connectivity index (χ2n) is 8.82. The van der Waals surface area contributed by atoms with Gasteiger partial charge in [-0.15, -0.1) is 11.3 Å². The summed E-state index contributed by atoms with van der Waals surface area (Å²) in [6.45, 7) is 14.4. The summed E-state index contributed by atoms with van der Waals surface area (Å²) in [5.74, 6) is 0.574. The van der Waals surface area contributed by atoms with Gasteiger partial charge in [0.25, 0.3) is 5.91 Å². The lowest BCUT2D eigenvalue weighted by atomic mass is 9.99. The number of carbonyl (C=O) groups excluding carboxylic acids is 1. The summed E-state index contributed by atoms with van der Waals surface area (Å²) in [5.41, 5.74) is 6.77. The number of hydrogen-bond acceptors (Lipinski definition) is 4. The van der Waals surface area contributed by atoms with E-state index in [4.69, 9.17) is 0 Å². The zero-order valence-electron chi connectivity index (χ0n) is 19.5. The van der Waals surface area contributed by atoms with E-state index in [1.54, 1.807) is 11.3 Å². The molecule has 3 aromatic rings. The average molecular weight is 439 g/mol. The van der Waals surface area contributed by atoms with Crippen LogP contribution in [0.25, 0.3) is 21.5 Å². The standard InChI is InChI=1S/C23H28N4OS.C2H6/c1-12(2)20-21(15-7-13(3)25-14(4)8-15)26-18-9-19(29-22(18)20)23(28)27-16-5-6-17(27)11-24-10-16;1-2/h7-9,12,16-17,24,26H,5-6,10-11H2,1-4H3;1-2H3. The lowest BCUT2D eigenvalue weighted by Gasteiger charge is -2.35. The molecule has 2 saturated heterocycles. The molecule has 2 N–H and O–H groups in total. The van der Waals surface area contributed by atoms with Crippen LogP contribution in [-0.4, -0.2) is 45.9 Å². The first-order valence-electron chi connectivity index (χ1n) is 11.6. The molecular formula is C25H34N4OS. The van der Waals surface area contributed by atoms with Crippen molar-refractivity contribution in [3.8, 4) is 11.3 Å². The first-order chi connectivity index (χ1) is 14.9. The number of aromatic nitrogens is 2. The van der Waals surface area contributed by atoms with Crippen molar-refractivity contribution in [2.75, 3.05) is 13.1 Å². The number of H-pyrrole nitrogens is 1. The lowest BCUT2D eigenvalue weighted by Crippen LogP contribution is -2.54. The molecule has 0 spiro atoms. The van der Waals surface area contributed by atoms with Crippen molar-refractivity contribution in [3.05, 3.63) is 40.0 Å². The Morgan fingerprint density at radius 1 is 1.10 bits per heavy atom. The Kier molecular flexibility index (Phi) is 6.22. The zero-order chi connectivity index (χ0) is 22.3. The number of hydrogen-bond donors (Lipinski definition) is 2. The lowest BCUT2D eigenvalue weighted by molar-refractivity contribution is 0.0624. The van der Waals surface area contributed by atoms with Crippen LogP contribution < -0.4 is 5.32 Å². The molecule has 5 nitrogen and oxygen atoms in total. The molecule has 2 aliphatic rings. The van der Waals surface area contributed by atoms with Gasteiger partial charge in [-0.2, -0.15) is 0 Å². The molecule has 0 aromatic carbocycles. The van der Waals surface area contributed by atoms with Gasteiger partial charge in [-0.25, -0.2) is 0 Å². The molecule has 0 radical (unpaired) electrons. The van der Waals surface area contributed by atoms with E-state index in [-0.39, 0.29) is 5.91 Å². The molecule has 5 rings (SSSR count). The van der Waals surface area contributed by atoms with Crippen molar-refractivity contribution in [3.63, 3.8) is 0 Å². The monoisotopic (exact) mass is 438 g/mol. The molecule has 2 unspecified atom stereocenters. The predicted molar refractivity (Wildman–Crippen MR) is 130 cm³/mol. The summed E-state index contributed by atoms with van der Waals surface area (Å²) < 4.78 is 1.22. The Labute approximate surface area is 189 Å². The number of piperazine rings is 1. The molecular weight excluding hydrogens is 404 g/mol. The van der Waals surface area contributed by atoms with Gasteiger partial charge in [0.05, 0.1) is 20.8 Å². The number of aryl methyl sites for hydroxylation is 2. The third-order valence-corrected chi connectivity index (χ3v) is 7.43. The zero-order valence-corrected chi connectivity index (χ0v) is 20.3. The number of nitrogens with one attached hydrogen (secondary N) is 2. The van der Waals surface area contributed by atoms with Gasteiger partial charge in [-0.3, -0.25) is 9.78 Å². The van der Waals surface area contributed by atoms with Gasteiger partial charge in [-0.05, 0) is 56.4 Å². The number of carbonyl (C=O) groups is 1. The highest BCUT2D eigenvalue weighted by atomic mass is 32.1. The third kappa shape index (κ3) is 3.92. The minimum Gasteiger partial charge on any atom is -0.354 e. The van der Waals surface area contributed by atoms with Crippen LogP contribution in [0.2, 0.25) is 0 Å². The van der Waals surface area contributed by atoms with Gasteiger partial charge in [0.15, 0.2) is 0 Å².